The van der Waals surface area contributed by atoms with Gasteiger partial charge in [-0.25, -0.2) is 0 Å². The zero-order valence-corrected chi connectivity index (χ0v) is 7.54. The summed E-state index contributed by atoms with van der Waals surface area (Å²) in [5.74, 6) is 0. The van der Waals surface area contributed by atoms with Crippen LogP contribution in [-0.4, -0.2) is 4.98 Å². The van der Waals surface area contributed by atoms with Crippen molar-refractivity contribution in [3.8, 4) is 0 Å². The maximum absolute atomic E-state index is 3.19. The molecule has 1 heterocycles. The number of benzene rings is 1. The predicted octanol–water partition coefficient (Wildman–Crippen LogP) is 1.98. The lowest BCUT2D eigenvalue weighted by atomic mass is 10.2. The first-order chi connectivity index (χ1) is 5.27. The minimum absolute atomic E-state index is 1.22. The van der Waals surface area contributed by atoms with Crippen molar-refractivity contribution in [2.24, 2.45) is 0 Å². The Labute approximate surface area is 68.0 Å². The minimum Gasteiger partial charge on any atom is -0.361 e. The number of aryl methyl sites for hydroxylation is 1. The molecule has 1 N–H and O–H groups in total. The van der Waals surface area contributed by atoms with Crippen LogP contribution in [0.3, 0.4) is 0 Å². The molecule has 11 heavy (non-hydrogen) atoms. The first-order valence-electron chi connectivity index (χ1n) is 3.60. The van der Waals surface area contributed by atoms with Crippen molar-refractivity contribution in [1.82, 2.24) is 4.98 Å². The number of aromatic nitrogens is 1. The topological polar surface area (TPSA) is 15.8 Å². The highest BCUT2D eigenvalue weighted by Gasteiger charge is 1.97. The van der Waals surface area contributed by atoms with E-state index < -0.39 is 0 Å². The largest absolute Gasteiger partial charge is 0.361 e. The molecule has 0 saturated heterocycles. The van der Waals surface area contributed by atoms with Crippen LogP contribution < -0.4 is 5.30 Å². The van der Waals surface area contributed by atoms with Gasteiger partial charge in [-0.05, 0) is 29.9 Å². The van der Waals surface area contributed by atoms with E-state index in [2.05, 4.69) is 39.3 Å². The van der Waals surface area contributed by atoms with Gasteiger partial charge in [-0.1, -0.05) is 6.07 Å². The third-order valence-electron chi connectivity index (χ3n) is 1.85. The molecule has 0 bridgehead atoms. The Morgan fingerprint density at radius 1 is 1.36 bits per heavy atom. The molecule has 0 radical (unpaired) electrons. The summed E-state index contributed by atoms with van der Waals surface area (Å²) < 4.78 is 0. The fourth-order valence-electron chi connectivity index (χ4n) is 1.35. The van der Waals surface area contributed by atoms with Gasteiger partial charge in [0.1, 0.15) is 0 Å². The Kier molecular flexibility index (Phi) is 1.47. The van der Waals surface area contributed by atoms with E-state index in [-0.39, 0.29) is 0 Å². The molecule has 0 saturated carbocycles. The van der Waals surface area contributed by atoms with E-state index in [0.717, 1.165) is 0 Å². The van der Waals surface area contributed by atoms with Gasteiger partial charge in [0.15, 0.2) is 0 Å². The lowest BCUT2D eigenvalue weighted by Gasteiger charge is -1.97. The summed E-state index contributed by atoms with van der Waals surface area (Å²) >= 11 is 0. The fourth-order valence-corrected chi connectivity index (χ4v) is 1.86. The molecule has 2 aromatic rings. The lowest BCUT2D eigenvalue weighted by Crippen LogP contribution is -1.91. The zero-order chi connectivity index (χ0) is 7.84. The molecule has 1 aromatic heterocycles. The number of fused-ring (bicyclic) bond motifs is 1. The van der Waals surface area contributed by atoms with Crippen LogP contribution in [0.4, 0.5) is 0 Å². The van der Waals surface area contributed by atoms with Crippen molar-refractivity contribution in [2.45, 2.75) is 6.92 Å². The number of hydrogen-bond acceptors (Lipinski definition) is 0. The van der Waals surface area contributed by atoms with Crippen LogP contribution in [0.1, 0.15) is 5.56 Å². The van der Waals surface area contributed by atoms with E-state index in [1.165, 1.54) is 21.8 Å². The van der Waals surface area contributed by atoms with Crippen molar-refractivity contribution in [3.63, 3.8) is 0 Å². The van der Waals surface area contributed by atoms with Crippen LogP contribution in [0.25, 0.3) is 10.9 Å². The van der Waals surface area contributed by atoms with Crippen molar-refractivity contribution < 1.29 is 0 Å². The molecule has 1 nitrogen and oxygen atoms in total. The lowest BCUT2D eigenvalue weighted by molar-refractivity contribution is 1.45. The molecule has 1 atom stereocenters. The van der Waals surface area contributed by atoms with E-state index in [9.17, 15) is 0 Å². The van der Waals surface area contributed by atoms with Gasteiger partial charge in [-0.2, -0.15) is 0 Å². The number of rotatable bonds is 0. The molecule has 1 aromatic carbocycles. The molecule has 0 fully saturated rings. The summed E-state index contributed by atoms with van der Waals surface area (Å²) in [6, 6.07) is 6.42. The van der Waals surface area contributed by atoms with Crippen LogP contribution in [0.2, 0.25) is 0 Å². The number of nitrogens with one attached hydrogen (secondary N) is 1. The SMILES string of the molecule is Cc1cc(P)c2cc[nH]c2c1. The first-order valence-corrected chi connectivity index (χ1v) is 4.18. The zero-order valence-electron chi connectivity index (χ0n) is 6.39. The molecule has 0 aliphatic heterocycles. The van der Waals surface area contributed by atoms with Crippen molar-refractivity contribution in [1.29, 1.82) is 0 Å². The van der Waals surface area contributed by atoms with E-state index in [0.29, 0.717) is 0 Å². The Hall–Kier alpha value is -0.810. The summed E-state index contributed by atoms with van der Waals surface area (Å²) in [5.41, 5.74) is 2.51. The van der Waals surface area contributed by atoms with E-state index >= 15 is 0 Å². The third kappa shape index (κ3) is 1.06. The van der Waals surface area contributed by atoms with Crippen LogP contribution in [0, 0.1) is 6.92 Å². The fraction of sp³-hybridized carbons (Fsp3) is 0.111. The van der Waals surface area contributed by atoms with Gasteiger partial charge < -0.3 is 4.98 Å². The first kappa shape index (κ1) is 6.87. The van der Waals surface area contributed by atoms with E-state index in [4.69, 9.17) is 0 Å². The Morgan fingerprint density at radius 2 is 2.18 bits per heavy atom. The normalized spacial score (nSPS) is 10.7. The van der Waals surface area contributed by atoms with E-state index in [1.807, 2.05) is 6.20 Å². The van der Waals surface area contributed by atoms with Crippen LogP contribution >= 0.6 is 9.24 Å². The Balaban J connectivity index is 2.91. The second-order valence-electron chi connectivity index (χ2n) is 2.79. The average molecular weight is 163 g/mol. The highest BCUT2D eigenvalue weighted by atomic mass is 31.0. The average Bonchev–Trinajstić information content (AvgIpc) is 2.34. The molecule has 56 valence electrons. The summed E-state index contributed by atoms with van der Waals surface area (Å²) in [6.45, 7) is 2.10. The van der Waals surface area contributed by atoms with Gasteiger partial charge in [0.2, 0.25) is 0 Å². The van der Waals surface area contributed by atoms with Gasteiger partial charge in [-0.3, -0.25) is 0 Å². The molecule has 0 amide bonds. The van der Waals surface area contributed by atoms with E-state index in [1.54, 1.807) is 0 Å². The standard InChI is InChI=1S/C9H10NP/c1-6-4-8-7(2-3-10-8)9(11)5-6/h2-5,10H,11H2,1H3. The van der Waals surface area contributed by atoms with Crippen LogP contribution in [0.5, 0.6) is 0 Å². The summed E-state index contributed by atoms with van der Waals surface area (Å²) in [6.07, 6.45) is 1.97. The van der Waals surface area contributed by atoms with Gasteiger partial charge in [0, 0.05) is 17.1 Å². The van der Waals surface area contributed by atoms with Crippen molar-refractivity contribution in [3.05, 3.63) is 30.0 Å². The summed E-state index contributed by atoms with van der Waals surface area (Å²) in [7, 11) is 2.75. The smallest absolute Gasteiger partial charge is 0.0462 e. The predicted molar refractivity (Wildman–Crippen MR) is 52.4 cm³/mol. The minimum atomic E-state index is 1.22. The van der Waals surface area contributed by atoms with Gasteiger partial charge >= 0.3 is 0 Å². The molecular weight excluding hydrogens is 153 g/mol. The number of H-pyrrole nitrogens is 1. The molecule has 0 aliphatic rings. The number of hydrogen-bond donors (Lipinski definition) is 1. The van der Waals surface area contributed by atoms with Gasteiger partial charge in [0.05, 0.1) is 0 Å². The molecule has 2 rings (SSSR count). The summed E-state index contributed by atoms with van der Waals surface area (Å²) in [4.78, 5) is 3.19. The highest BCUT2D eigenvalue weighted by molar-refractivity contribution is 7.28. The summed E-state index contributed by atoms with van der Waals surface area (Å²) in [5, 5.41) is 2.56. The molecule has 0 aliphatic carbocycles. The quantitative estimate of drug-likeness (QED) is 0.571. The van der Waals surface area contributed by atoms with Gasteiger partial charge in [-0.15, -0.1) is 9.24 Å². The second kappa shape index (κ2) is 2.35. The molecular formula is C9H10NP. The van der Waals surface area contributed by atoms with Crippen LogP contribution in [0.15, 0.2) is 24.4 Å². The van der Waals surface area contributed by atoms with Crippen molar-refractivity contribution >= 4 is 25.4 Å². The monoisotopic (exact) mass is 163 g/mol. The van der Waals surface area contributed by atoms with Crippen LogP contribution in [-0.2, 0) is 0 Å². The third-order valence-corrected chi connectivity index (χ3v) is 2.32. The molecule has 0 spiro atoms. The Bertz CT molecular complexity index is 389. The molecule has 1 unspecified atom stereocenters. The Morgan fingerprint density at radius 3 is 3.00 bits per heavy atom. The maximum atomic E-state index is 3.19. The molecule has 2 heteroatoms. The highest BCUT2D eigenvalue weighted by Crippen LogP contribution is 2.13. The number of aromatic amines is 1. The van der Waals surface area contributed by atoms with Crippen molar-refractivity contribution in [2.75, 3.05) is 0 Å². The second-order valence-corrected chi connectivity index (χ2v) is 3.42. The maximum Gasteiger partial charge on any atom is 0.0462 e. The van der Waals surface area contributed by atoms with Gasteiger partial charge in [0.25, 0.3) is 0 Å².